The van der Waals surface area contributed by atoms with Crippen molar-refractivity contribution < 1.29 is 13.2 Å². The van der Waals surface area contributed by atoms with E-state index in [0.717, 1.165) is 26.6 Å². The van der Waals surface area contributed by atoms with Crippen LogP contribution in [0.15, 0.2) is 41.3 Å². The maximum Gasteiger partial charge on any atom is 0.242 e. The summed E-state index contributed by atoms with van der Waals surface area (Å²) in [5.41, 5.74) is 4.25. The molecule has 3 aromatic rings. The fraction of sp³-hybridized carbons (Fsp3) is 0.350. The van der Waals surface area contributed by atoms with E-state index in [1.54, 1.807) is 16.8 Å². The Morgan fingerprint density at radius 2 is 1.90 bits per heavy atom. The molecule has 0 unspecified atom stereocenters. The van der Waals surface area contributed by atoms with Crippen LogP contribution in [0.2, 0.25) is 0 Å². The van der Waals surface area contributed by atoms with Crippen molar-refractivity contribution in [1.82, 2.24) is 19.3 Å². The fourth-order valence-electron chi connectivity index (χ4n) is 3.04. The number of aromatic nitrogens is 3. The predicted molar refractivity (Wildman–Crippen MR) is 112 cm³/mol. The van der Waals surface area contributed by atoms with Gasteiger partial charge in [-0.15, -0.1) is 5.10 Å². The molecule has 1 N–H and O–H groups in total. The minimum absolute atomic E-state index is 0.0549. The molecule has 0 fully saturated rings. The average molecular weight is 416 g/mol. The maximum absolute atomic E-state index is 12.2. The number of sulfonamides is 1. The van der Waals surface area contributed by atoms with Crippen LogP contribution in [-0.2, 0) is 21.4 Å². The SMILES string of the molecule is Cc1ccc(NC(=O)CCCn2nnc3cc(S(=O)(=O)N(C)C)ccc32)c(C)c1. The molecule has 0 aliphatic heterocycles. The van der Waals surface area contributed by atoms with Crippen molar-refractivity contribution in [2.75, 3.05) is 19.4 Å². The van der Waals surface area contributed by atoms with Gasteiger partial charge in [-0.1, -0.05) is 22.9 Å². The van der Waals surface area contributed by atoms with E-state index >= 15 is 0 Å². The smallest absolute Gasteiger partial charge is 0.242 e. The highest BCUT2D eigenvalue weighted by atomic mass is 32.2. The first-order valence-electron chi connectivity index (χ1n) is 9.31. The van der Waals surface area contributed by atoms with Gasteiger partial charge in [-0.3, -0.25) is 4.79 Å². The molecule has 0 atom stereocenters. The maximum atomic E-state index is 12.2. The number of hydrogen-bond acceptors (Lipinski definition) is 5. The first-order valence-corrected chi connectivity index (χ1v) is 10.8. The Hall–Kier alpha value is -2.78. The van der Waals surface area contributed by atoms with Crippen LogP contribution in [0.5, 0.6) is 0 Å². The molecule has 1 aromatic heterocycles. The Morgan fingerprint density at radius 3 is 2.59 bits per heavy atom. The third kappa shape index (κ3) is 4.63. The number of anilines is 1. The summed E-state index contributed by atoms with van der Waals surface area (Å²) in [4.78, 5) is 12.4. The summed E-state index contributed by atoms with van der Waals surface area (Å²) in [7, 11) is -0.549. The summed E-state index contributed by atoms with van der Waals surface area (Å²) in [6.45, 7) is 4.49. The van der Waals surface area contributed by atoms with Crippen LogP contribution in [-0.4, -0.2) is 47.7 Å². The average Bonchev–Trinajstić information content (AvgIpc) is 3.06. The lowest BCUT2D eigenvalue weighted by molar-refractivity contribution is -0.116. The zero-order chi connectivity index (χ0) is 21.2. The molecule has 0 spiro atoms. The molecule has 9 heteroatoms. The molecular weight excluding hydrogens is 390 g/mol. The van der Waals surface area contributed by atoms with Gasteiger partial charge in [-0.05, 0) is 50.1 Å². The third-order valence-electron chi connectivity index (χ3n) is 4.69. The number of hydrogen-bond donors (Lipinski definition) is 1. The molecule has 154 valence electrons. The van der Waals surface area contributed by atoms with Crippen molar-refractivity contribution in [3.05, 3.63) is 47.5 Å². The Morgan fingerprint density at radius 1 is 1.14 bits per heavy atom. The van der Waals surface area contributed by atoms with E-state index in [9.17, 15) is 13.2 Å². The van der Waals surface area contributed by atoms with Crippen LogP contribution in [0.1, 0.15) is 24.0 Å². The lowest BCUT2D eigenvalue weighted by Gasteiger charge is -2.11. The Balaban J connectivity index is 1.63. The van der Waals surface area contributed by atoms with E-state index in [0.29, 0.717) is 24.9 Å². The highest BCUT2D eigenvalue weighted by Crippen LogP contribution is 2.20. The summed E-state index contributed by atoms with van der Waals surface area (Å²) in [6, 6.07) is 10.7. The molecule has 2 aromatic carbocycles. The number of rotatable bonds is 7. The van der Waals surface area contributed by atoms with E-state index in [1.807, 2.05) is 32.0 Å². The van der Waals surface area contributed by atoms with E-state index < -0.39 is 10.0 Å². The zero-order valence-corrected chi connectivity index (χ0v) is 17.8. The number of fused-ring (bicyclic) bond motifs is 1. The molecular formula is C20H25N5O3S. The molecule has 29 heavy (non-hydrogen) atoms. The van der Waals surface area contributed by atoms with E-state index in [2.05, 4.69) is 15.6 Å². The highest BCUT2D eigenvalue weighted by molar-refractivity contribution is 7.89. The molecule has 1 heterocycles. The quantitative estimate of drug-likeness (QED) is 0.640. The van der Waals surface area contributed by atoms with Gasteiger partial charge in [0.05, 0.1) is 10.4 Å². The van der Waals surface area contributed by atoms with Gasteiger partial charge < -0.3 is 5.32 Å². The number of aryl methyl sites for hydroxylation is 3. The predicted octanol–water partition coefficient (Wildman–Crippen LogP) is 2.72. The van der Waals surface area contributed by atoms with Crippen LogP contribution in [0.4, 0.5) is 5.69 Å². The number of carbonyl (C=O) groups excluding carboxylic acids is 1. The minimum Gasteiger partial charge on any atom is -0.326 e. The number of nitrogens with zero attached hydrogens (tertiary/aromatic N) is 4. The van der Waals surface area contributed by atoms with Crippen molar-refractivity contribution >= 4 is 32.7 Å². The summed E-state index contributed by atoms with van der Waals surface area (Å²) in [5, 5.41) is 11.1. The van der Waals surface area contributed by atoms with Crippen molar-refractivity contribution in [1.29, 1.82) is 0 Å². The van der Waals surface area contributed by atoms with Crippen LogP contribution in [0, 0.1) is 13.8 Å². The van der Waals surface area contributed by atoms with E-state index in [4.69, 9.17) is 0 Å². The van der Waals surface area contributed by atoms with Gasteiger partial charge in [0, 0.05) is 32.7 Å². The third-order valence-corrected chi connectivity index (χ3v) is 6.50. The van der Waals surface area contributed by atoms with E-state index in [-0.39, 0.29) is 10.8 Å². The number of carbonyl (C=O) groups is 1. The molecule has 0 bridgehead atoms. The van der Waals surface area contributed by atoms with Crippen LogP contribution >= 0.6 is 0 Å². The van der Waals surface area contributed by atoms with Gasteiger partial charge in [-0.2, -0.15) is 0 Å². The van der Waals surface area contributed by atoms with Crippen molar-refractivity contribution in [3.8, 4) is 0 Å². The van der Waals surface area contributed by atoms with Gasteiger partial charge in [0.1, 0.15) is 5.52 Å². The summed E-state index contributed by atoms with van der Waals surface area (Å²) >= 11 is 0. The lowest BCUT2D eigenvalue weighted by Crippen LogP contribution is -2.22. The molecule has 0 saturated heterocycles. The van der Waals surface area contributed by atoms with Gasteiger partial charge >= 0.3 is 0 Å². The highest BCUT2D eigenvalue weighted by Gasteiger charge is 2.18. The number of amides is 1. The summed E-state index contributed by atoms with van der Waals surface area (Å²) in [6.07, 6.45) is 0.939. The number of nitrogens with one attached hydrogen (secondary N) is 1. The first-order chi connectivity index (χ1) is 13.7. The Kier molecular flexibility index (Phi) is 5.99. The summed E-state index contributed by atoms with van der Waals surface area (Å²) in [5.74, 6) is -0.0549. The molecule has 1 amide bonds. The number of benzene rings is 2. The molecule has 0 saturated carbocycles. The standard InChI is InChI=1S/C20H25N5O3S/c1-14-7-9-17(15(2)12-14)21-20(26)6-5-11-25-19-10-8-16(13-18(19)22-23-25)29(27,28)24(3)4/h7-10,12-13H,5-6,11H2,1-4H3,(H,21,26). The van der Waals surface area contributed by atoms with Gasteiger partial charge in [0.15, 0.2) is 0 Å². The van der Waals surface area contributed by atoms with Crippen molar-refractivity contribution in [3.63, 3.8) is 0 Å². The fourth-order valence-corrected chi connectivity index (χ4v) is 3.97. The van der Waals surface area contributed by atoms with Gasteiger partial charge in [0.2, 0.25) is 15.9 Å². The monoisotopic (exact) mass is 415 g/mol. The van der Waals surface area contributed by atoms with Crippen LogP contribution in [0.3, 0.4) is 0 Å². The van der Waals surface area contributed by atoms with Crippen molar-refractivity contribution in [2.24, 2.45) is 0 Å². The first kappa shape index (κ1) is 20.9. The summed E-state index contributed by atoms with van der Waals surface area (Å²) < 4.78 is 27.3. The second-order valence-electron chi connectivity index (χ2n) is 7.22. The largest absolute Gasteiger partial charge is 0.326 e. The second-order valence-corrected chi connectivity index (χ2v) is 9.37. The van der Waals surface area contributed by atoms with Gasteiger partial charge in [0.25, 0.3) is 0 Å². The zero-order valence-electron chi connectivity index (χ0n) is 17.0. The minimum atomic E-state index is -3.52. The lowest BCUT2D eigenvalue weighted by atomic mass is 10.1. The van der Waals surface area contributed by atoms with Crippen LogP contribution in [0.25, 0.3) is 11.0 Å². The van der Waals surface area contributed by atoms with Crippen molar-refractivity contribution in [2.45, 2.75) is 38.1 Å². The molecule has 3 rings (SSSR count). The van der Waals surface area contributed by atoms with Crippen LogP contribution < -0.4 is 5.32 Å². The van der Waals surface area contributed by atoms with E-state index in [1.165, 1.54) is 20.2 Å². The molecule has 0 radical (unpaired) electrons. The van der Waals surface area contributed by atoms with Gasteiger partial charge in [-0.25, -0.2) is 17.4 Å². The topological polar surface area (TPSA) is 97.2 Å². The Bertz CT molecular complexity index is 1150. The normalized spacial score (nSPS) is 11.9. The molecule has 0 aliphatic carbocycles. The second kappa shape index (κ2) is 8.30. The molecule has 0 aliphatic rings. The molecule has 8 nitrogen and oxygen atoms in total. The Labute approximate surface area is 170 Å².